The number of hydrogen-bond acceptors (Lipinski definition) is 15. The van der Waals surface area contributed by atoms with Crippen molar-refractivity contribution in [2.24, 2.45) is 5.92 Å². The molecule has 0 aromatic rings. The summed E-state index contributed by atoms with van der Waals surface area (Å²) in [6.45, 7) is 7.19. The molecular weight excluding hydrogens is 1170 g/mol. The van der Waals surface area contributed by atoms with E-state index in [4.69, 9.17) is 37.0 Å². The molecule has 0 saturated carbocycles. The topological polar surface area (TPSA) is 237 Å². The van der Waals surface area contributed by atoms with Gasteiger partial charge in [0.25, 0.3) is 0 Å². The van der Waals surface area contributed by atoms with Gasteiger partial charge in [-0.1, -0.05) is 311 Å². The third kappa shape index (κ3) is 64.6. The number of carbonyl (C=O) groups is 4. The molecule has 0 aromatic heterocycles. The third-order valence-corrected chi connectivity index (χ3v) is 18.2. The summed E-state index contributed by atoms with van der Waals surface area (Å²) in [5.41, 5.74) is 0. The fraction of sp³-hybridized carbons (Fsp3) is 0.943. The van der Waals surface area contributed by atoms with Crippen LogP contribution in [0.2, 0.25) is 0 Å². The van der Waals surface area contributed by atoms with E-state index in [1.54, 1.807) is 0 Å². The van der Waals surface area contributed by atoms with Crippen molar-refractivity contribution in [3.63, 3.8) is 0 Å². The number of aliphatic hydroxyl groups excluding tert-OH is 1. The molecule has 0 aromatic carbocycles. The zero-order valence-corrected chi connectivity index (χ0v) is 59.4. The first-order valence-corrected chi connectivity index (χ1v) is 39.6. The highest BCUT2D eigenvalue weighted by molar-refractivity contribution is 7.47. The number of aliphatic hydroxyl groups is 1. The van der Waals surface area contributed by atoms with Crippen molar-refractivity contribution < 1.29 is 80.2 Å². The lowest BCUT2D eigenvalue weighted by molar-refractivity contribution is -0.161. The Hall–Kier alpha value is -1.94. The Balaban J connectivity index is 5.21. The SMILES string of the molecule is CCCCCCCCCCCCCCCCCCC(=O)O[C@H](COC(=O)CCCCCCCCCCCCCCCC)COP(=O)(O)OC[C@@H](O)COP(=O)(O)OC[C@@H](COC(=O)CCCCCCCCC)OC(=O)CCCCCCCCCCCC(C)C. The molecule has 0 aliphatic rings. The van der Waals surface area contributed by atoms with Gasteiger partial charge in [-0.05, 0) is 31.6 Å². The average Bonchev–Trinajstić information content (AvgIpc) is 3.64. The molecule has 2 unspecified atom stereocenters. The van der Waals surface area contributed by atoms with Crippen LogP contribution in [0.3, 0.4) is 0 Å². The summed E-state index contributed by atoms with van der Waals surface area (Å²) >= 11 is 0. The summed E-state index contributed by atoms with van der Waals surface area (Å²) in [4.78, 5) is 72.4. The van der Waals surface area contributed by atoms with Gasteiger partial charge in [-0.3, -0.25) is 37.3 Å². The normalized spacial score (nSPS) is 14.1. The van der Waals surface area contributed by atoms with Crippen molar-refractivity contribution in [2.45, 2.75) is 380 Å². The maximum Gasteiger partial charge on any atom is 0.472 e. The second-order valence-electron chi connectivity index (χ2n) is 25.7. The van der Waals surface area contributed by atoms with E-state index in [9.17, 15) is 43.2 Å². The largest absolute Gasteiger partial charge is 0.472 e. The van der Waals surface area contributed by atoms with Crippen LogP contribution in [-0.4, -0.2) is 96.7 Å². The highest BCUT2D eigenvalue weighted by atomic mass is 31.2. The van der Waals surface area contributed by atoms with Gasteiger partial charge in [-0.2, -0.15) is 0 Å². The van der Waals surface area contributed by atoms with Gasteiger partial charge >= 0.3 is 39.5 Å². The van der Waals surface area contributed by atoms with E-state index in [1.165, 1.54) is 173 Å². The molecule has 17 nitrogen and oxygen atoms in total. The molecule has 89 heavy (non-hydrogen) atoms. The van der Waals surface area contributed by atoms with Crippen LogP contribution < -0.4 is 0 Å². The van der Waals surface area contributed by atoms with Crippen LogP contribution in [0.5, 0.6) is 0 Å². The molecule has 0 saturated heterocycles. The lowest BCUT2D eigenvalue weighted by atomic mass is 10.0. The number of carbonyl (C=O) groups excluding carboxylic acids is 4. The Morgan fingerprint density at radius 3 is 0.764 bits per heavy atom. The van der Waals surface area contributed by atoms with E-state index < -0.39 is 97.5 Å². The molecule has 0 bridgehead atoms. The first kappa shape index (κ1) is 87.1. The van der Waals surface area contributed by atoms with E-state index in [-0.39, 0.29) is 25.7 Å². The van der Waals surface area contributed by atoms with E-state index >= 15 is 0 Å². The van der Waals surface area contributed by atoms with Gasteiger partial charge in [0.15, 0.2) is 12.2 Å². The summed E-state index contributed by atoms with van der Waals surface area (Å²) < 4.78 is 68.2. The summed E-state index contributed by atoms with van der Waals surface area (Å²) in [5, 5.41) is 10.6. The second kappa shape index (κ2) is 63.5. The van der Waals surface area contributed by atoms with Crippen LogP contribution in [0.1, 0.15) is 362 Å². The van der Waals surface area contributed by atoms with Gasteiger partial charge in [-0.15, -0.1) is 0 Å². The number of phosphoric acid groups is 2. The molecular formula is C70H136O17P2. The van der Waals surface area contributed by atoms with Gasteiger partial charge in [0, 0.05) is 25.7 Å². The number of hydrogen-bond donors (Lipinski definition) is 3. The molecule has 0 fully saturated rings. The van der Waals surface area contributed by atoms with Gasteiger partial charge in [0.2, 0.25) is 0 Å². The lowest BCUT2D eigenvalue weighted by Gasteiger charge is -2.21. The fourth-order valence-corrected chi connectivity index (χ4v) is 12.2. The van der Waals surface area contributed by atoms with Crippen molar-refractivity contribution in [3.8, 4) is 0 Å². The smallest absolute Gasteiger partial charge is 0.462 e. The molecule has 0 aliphatic heterocycles. The van der Waals surface area contributed by atoms with E-state index in [2.05, 4.69) is 34.6 Å². The van der Waals surface area contributed by atoms with Crippen LogP contribution >= 0.6 is 15.6 Å². The van der Waals surface area contributed by atoms with E-state index in [0.29, 0.717) is 25.7 Å². The molecule has 528 valence electrons. The van der Waals surface area contributed by atoms with Crippen LogP contribution in [0.4, 0.5) is 0 Å². The molecule has 0 aliphatic carbocycles. The lowest BCUT2D eigenvalue weighted by Crippen LogP contribution is -2.30. The van der Waals surface area contributed by atoms with Crippen molar-refractivity contribution in [1.29, 1.82) is 0 Å². The maximum absolute atomic E-state index is 13.0. The second-order valence-corrected chi connectivity index (χ2v) is 28.7. The summed E-state index contributed by atoms with van der Waals surface area (Å²) in [7, 11) is -9.89. The Kier molecular flexibility index (Phi) is 62.1. The molecule has 0 spiro atoms. The molecule has 0 heterocycles. The summed E-state index contributed by atoms with van der Waals surface area (Å²) in [5.74, 6) is -1.39. The fourth-order valence-electron chi connectivity index (χ4n) is 10.6. The number of phosphoric ester groups is 2. The summed E-state index contributed by atoms with van der Waals surface area (Å²) in [6, 6.07) is 0. The molecule has 0 radical (unpaired) electrons. The molecule has 5 atom stereocenters. The first-order chi connectivity index (χ1) is 43.0. The summed E-state index contributed by atoms with van der Waals surface area (Å²) in [6.07, 6.45) is 50.0. The standard InChI is InChI=1S/C70H136O17P2/c1-6-9-12-15-18-20-22-24-26-27-29-31-35-40-45-50-55-69(74)87-66(60-81-68(73)54-49-44-39-34-30-28-25-23-21-19-16-13-10-7-2)62-85-89(78,79)83-58-64(71)57-82-88(76,77)84-61-65(59-80-67(72)53-48-43-37-17-14-11-8-3)86-70(75)56-51-46-41-36-32-33-38-42-47-52-63(4)5/h63-66,71H,6-62H2,1-5H3,(H,76,77)(H,78,79)/t64-,65+,66+/m0/s1. The van der Waals surface area contributed by atoms with Crippen LogP contribution in [-0.2, 0) is 65.4 Å². The van der Waals surface area contributed by atoms with Crippen molar-refractivity contribution in [2.75, 3.05) is 39.6 Å². The highest BCUT2D eigenvalue weighted by Gasteiger charge is 2.30. The molecule has 0 rings (SSSR count). The average molecular weight is 1310 g/mol. The van der Waals surface area contributed by atoms with Crippen LogP contribution in [0.25, 0.3) is 0 Å². The molecule has 3 N–H and O–H groups in total. The van der Waals surface area contributed by atoms with E-state index in [1.807, 2.05) is 0 Å². The Morgan fingerprint density at radius 2 is 0.517 bits per heavy atom. The van der Waals surface area contributed by atoms with Crippen molar-refractivity contribution in [1.82, 2.24) is 0 Å². The quantitative estimate of drug-likeness (QED) is 0.0222. The van der Waals surface area contributed by atoms with Crippen molar-refractivity contribution >= 4 is 39.5 Å². The predicted octanol–water partition coefficient (Wildman–Crippen LogP) is 20.1. The molecule has 19 heteroatoms. The highest BCUT2D eigenvalue weighted by Crippen LogP contribution is 2.45. The number of rotatable bonds is 70. The first-order valence-electron chi connectivity index (χ1n) is 36.6. The van der Waals surface area contributed by atoms with Gasteiger partial charge in [0.1, 0.15) is 19.3 Å². The van der Waals surface area contributed by atoms with Gasteiger partial charge in [0.05, 0.1) is 26.4 Å². The minimum atomic E-state index is -4.95. The number of unbranched alkanes of at least 4 members (excludes halogenated alkanes) is 42. The van der Waals surface area contributed by atoms with Gasteiger partial charge in [-0.25, -0.2) is 9.13 Å². The van der Waals surface area contributed by atoms with Crippen LogP contribution in [0, 0.1) is 5.92 Å². The Morgan fingerprint density at radius 1 is 0.303 bits per heavy atom. The molecule has 0 amide bonds. The Labute approximate surface area is 543 Å². The minimum Gasteiger partial charge on any atom is -0.462 e. The van der Waals surface area contributed by atoms with Crippen molar-refractivity contribution in [3.05, 3.63) is 0 Å². The predicted molar refractivity (Wildman–Crippen MR) is 358 cm³/mol. The zero-order chi connectivity index (χ0) is 65.6. The third-order valence-electron chi connectivity index (χ3n) is 16.3. The monoisotopic (exact) mass is 1310 g/mol. The Bertz CT molecular complexity index is 1720. The van der Waals surface area contributed by atoms with Crippen LogP contribution in [0.15, 0.2) is 0 Å². The maximum atomic E-state index is 13.0. The number of esters is 4. The van der Waals surface area contributed by atoms with Gasteiger partial charge < -0.3 is 33.8 Å². The number of ether oxygens (including phenoxy) is 4. The zero-order valence-electron chi connectivity index (χ0n) is 57.6. The minimum absolute atomic E-state index is 0.105. The van der Waals surface area contributed by atoms with E-state index in [0.717, 1.165) is 109 Å².